The van der Waals surface area contributed by atoms with Crippen molar-refractivity contribution in [3.05, 3.63) is 34.4 Å². The van der Waals surface area contributed by atoms with E-state index in [4.69, 9.17) is 5.11 Å². The molecular weight excluding hydrogens is 226 g/mol. The number of aryl methyl sites for hydroxylation is 3. The minimum absolute atomic E-state index is 0.0368. The van der Waals surface area contributed by atoms with Crippen molar-refractivity contribution in [2.75, 3.05) is 6.61 Å². The summed E-state index contributed by atoms with van der Waals surface area (Å²) >= 11 is 0. The van der Waals surface area contributed by atoms with Crippen LogP contribution in [0.5, 0.6) is 0 Å². The van der Waals surface area contributed by atoms with E-state index in [1.807, 2.05) is 39.8 Å². The molecule has 18 heavy (non-hydrogen) atoms. The number of hydrogen-bond donors (Lipinski definition) is 2. The van der Waals surface area contributed by atoms with Gasteiger partial charge in [-0.15, -0.1) is 0 Å². The van der Waals surface area contributed by atoms with E-state index < -0.39 is 0 Å². The fourth-order valence-corrected chi connectivity index (χ4v) is 2.33. The lowest BCUT2D eigenvalue weighted by Crippen LogP contribution is -2.35. The molecule has 1 amide bonds. The lowest BCUT2D eigenvalue weighted by molar-refractivity contribution is 0.0928. The summed E-state index contributed by atoms with van der Waals surface area (Å²) in [6.07, 6.45) is 1.43. The molecule has 0 aliphatic heterocycles. The Morgan fingerprint density at radius 2 is 1.83 bits per heavy atom. The van der Waals surface area contributed by atoms with E-state index in [1.165, 1.54) is 5.56 Å². The second-order valence-electron chi connectivity index (χ2n) is 4.86. The Labute approximate surface area is 109 Å². The van der Waals surface area contributed by atoms with Gasteiger partial charge in [-0.25, -0.2) is 0 Å². The largest absolute Gasteiger partial charge is 0.396 e. The molecule has 0 aliphatic rings. The molecule has 1 atom stereocenters. The van der Waals surface area contributed by atoms with Gasteiger partial charge in [0.25, 0.3) is 5.91 Å². The van der Waals surface area contributed by atoms with Gasteiger partial charge in [0.1, 0.15) is 0 Å². The highest BCUT2D eigenvalue weighted by atomic mass is 16.3. The molecule has 1 rings (SSSR count). The summed E-state index contributed by atoms with van der Waals surface area (Å²) in [6, 6.07) is 4.09. The minimum atomic E-state index is -0.0368. The molecule has 0 spiro atoms. The number of benzene rings is 1. The summed E-state index contributed by atoms with van der Waals surface area (Å²) in [7, 11) is 0. The van der Waals surface area contributed by atoms with Crippen LogP contribution in [-0.2, 0) is 0 Å². The van der Waals surface area contributed by atoms with E-state index in [1.54, 1.807) is 0 Å². The number of hydrogen-bond acceptors (Lipinski definition) is 2. The Morgan fingerprint density at radius 3 is 2.28 bits per heavy atom. The number of carbonyl (C=O) groups is 1. The number of nitrogens with one attached hydrogen (secondary N) is 1. The fourth-order valence-electron chi connectivity index (χ4n) is 2.33. The first-order valence-electron chi connectivity index (χ1n) is 6.49. The number of aliphatic hydroxyl groups is 1. The Kier molecular flexibility index (Phi) is 5.35. The van der Waals surface area contributed by atoms with Crippen molar-refractivity contribution in [2.45, 2.75) is 46.6 Å². The van der Waals surface area contributed by atoms with Crippen LogP contribution in [0, 0.1) is 20.8 Å². The van der Waals surface area contributed by atoms with Crippen molar-refractivity contribution in [2.24, 2.45) is 0 Å². The van der Waals surface area contributed by atoms with Gasteiger partial charge < -0.3 is 10.4 Å². The van der Waals surface area contributed by atoms with E-state index in [-0.39, 0.29) is 18.6 Å². The van der Waals surface area contributed by atoms with Crippen LogP contribution in [0.1, 0.15) is 46.8 Å². The Morgan fingerprint density at radius 1 is 1.28 bits per heavy atom. The average Bonchev–Trinajstić information content (AvgIpc) is 2.26. The summed E-state index contributed by atoms with van der Waals surface area (Å²) < 4.78 is 0. The first kappa shape index (κ1) is 14.7. The fraction of sp³-hybridized carbons (Fsp3) is 0.533. The predicted molar refractivity (Wildman–Crippen MR) is 73.9 cm³/mol. The van der Waals surface area contributed by atoms with E-state index in [9.17, 15) is 4.79 Å². The van der Waals surface area contributed by atoms with Crippen LogP contribution in [0.25, 0.3) is 0 Å². The second kappa shape index (κ2) is 6.55. The monoisotopic (exact) mass is 249 g/mol. The first-order valence-corrected chi connectivity index (χ1v) is 6.49. The van der Waals surface area contributed by atoms with Crippen molar-refractivity contribution < 1.29 is 9.90 Å². The zero-order chi connectivity index (χ0) is 13.7. The molecule has 3 nitrogen and oxygen atoms in total. The zero-order valence-electron chi connectivity index (χ0n) is 11.7. The number of carbonyl (C=O) groups excluding carboxylic acids is 1. The predicted octanol–water partition coefficient (Wildman–Crippen LogP) is 2.50. The molecule has 0 fully saturated rings. The van der Waals surface area contributed by atoms with Crippen LogP contribution >= 0.6 is 0 Å². The average molecular weight is 249 g/mol. The van der Waals surface area contributed by atoms with Gasteiger partial charge in [0.15, 0.2) is 0 Å². The summed E-state index contributed by atoms with van der Waals surface area (Å²) in [4.78, 5) is 12.2. The van der Waals surface area contributed by atoms with Gasteiger partial charge in [-0.3, -0.25) is 4.79 Å². The van der Waals surface area contributed by atoms with Crippen LogP contribution in [0.15, 0.2) is 12.1 Å². The van der Waals surface area contributed by atoms with Gasteiger partial charge in [-0.2, -0.15) is 0 Å². The topological polar surface area (TPSA) is 49.3 Å². The molecule has 100 valence electrons. The normalized spacial score (nSPS) is 12.3. The Balaban J connectivity index is 2.90. The third kappa shape index (κ3) is 3.57. The third-order valence-electron chi connectivity index (χ3n) is 3.21. The van der Waals surface area contributed by atoms with E-state index in [0.29, 0.717) is 6.42 Å². The van der Waals surface area contributed by atoms with Crippen LogP contribution in [-0.4, -0.2) is 23.7 Å². The number of amides is 1. The van der Waals surface area contributed by atoms with Gasteiger partial charge in [0, 0.05) is 18.2 Å². The SMILES string of the molecule is CCC(CCO)NC(=O)c1c(C)cc(C)cc1C. The van der Waals surface area contributed by atoms with Crippen LogP contribution in [0.2, 0.25) is 0 Å². The molecule has 1 aromatic carbocycles. The van der Waals surface area contributed by atoms with Crippen molar-refractivity contribution in [3.8, 4) is 0 Å². The summed E-state index contributed by atoms with van der Waals surface area (Å²) in [5.41, 5.74) is 3.94. The maximum atomic E-state index is 12.2. The van der Waals surface area contributed by atoms with E-state index in [0.717, 1.165) is 23.1 Å². The lowest BCUT2D eigenvalue weighted by Gasteiger charge is -2.18. The zero-order valence-corrected chi connectivity index (χ0v) is 11.7. The van der Waals surface area contributed by atoms with Crippen molar-refractivity contribution >= 4 is 5.91 Å². The highest BCUT2D eigenvalue weighted by Gasteiger charge is 2.16. The van der Waals surface area contributed by atoms with Crippen LogP contribution in [0.3, 0.4) is 0 Å². The molecule has 0 aliphatic carbocycles. The molecule has 0 bridgehead atoms. The molecule has 0 heterocycles. The molecule has 1 aromatic rings. The van der Waals surface area contributed by atoms with Gasteiger partial charge in [-0.05, 0) is 44.7 Å². The van der Waals surface area contributed by atoms with Crippen molar-refractivity contribution in [3.63, 3.8) is 0 Å². The van der Waals surface area contributed by atoms with Gasteiger partial charge in [-0.1, -0.05) is 24.6 Å². The molecule has 0 aromatic heterocycles. The Hall–Kier alpha value is -1.35. The second-order valence-corrected chi connectivity index (χ2v) is 4.86. The van der Waals surface area contributed by atoms with Gasteiger partial charge >= 0.3 is 0 Å². The molecule has 0 saturated carbocycles. The van der Waals surface area contributed by atoms with E-state index in [2.05, 4.69) is 5.32 Å². The van der Waals surface area contributed by atoms with Crippen molar-refractivity contribution in [1.82, 2.24) is 5.32 Å². The van der Waals surface area contributed by atoms with E-state index >= 15 is 0 Å². The standard InChI is InChI=1S/C15H23NO2/c1-5-13(6-7-17)16-15(18)14-11(3)8-10(2)9-12(14)4/h8-9,13,17H,5-7H2,1-4H3,(H,16,18). The quantitative estimate of drug-likeness (QED) is 0.842. The van der Waals surface area contributed by atoms with Gasteiger partial charge in [0.2, 0.25) is 0 Å². The number of aliphatic hydroxyl groups excluding tert-OH is 1. The van der Waals surface area contributed by atoms with Gasteiger partial charge in [0.05, 0.1) is 0 Å². The van der Waals surface area contributed by atoms with Crippen LogP contribution < -0.4 is 5.32 Å². The third-order valence-corrected chi connectivity index (χ3v) is 3.21. The summed E-state index contributed by atoms with van der Waals surface area (Å²) in [5, 5.41) is 11.9. The molecular formula is C15H23NO2. The van der Waals surface area contributed by atoms with Crippen molar-refractivity contribution in [1.29, 1.82) is 0 Å². The molecule has 1 unspecified atom stereocenters. The highest BCUT2D eigenvalue weighted by Crippen LogP contribution is 2.16. The Bertz CT molecular complexity index is 403. The minimum Gasteiger partial charge on any atom is -0.396 e. The molecule has 0 radical (unpaired) electrons. The molecule has 0 saturated heterocycles. The smallest absolute Gasteiger partial charge is 0.252 e. The maximum absolute atomic E-state index is 12.2. The molecule has 3 heteroatoms. The molecule has 2 N–H and O–H groups in total. The number of rotatable bonds is 5. The lowest BCUT2D eigenvalue weighted by atomic mass is 9.98. The summed E-state index contributed by atoms with van der Waals surface area (Å²) in [6.45, 7) is 8.06. The van der Waals surface area contributed by atoms with Crippen LogP contribution in [0.4, 0.5) is 0 Å². The maximum Gasteiger partial charge on any atom is 0.252 e. The highest BCUT2D eigenvalue weighted by molar-refractivity contribution is 5.97. The first-order chi connectivity index (χ1) is 8.49. The summed E-state index contributed by atoms with van der Waals surface area (Å²) in [5.74, 6) is -0.0368.